The molecule has 0 atom stereocenters. The van der Waals surface area contributed by atoms with Gasteiger partial charge in [-0.05, 0) is 55.8 Å². The summed E-state index contributed by atoms with van der Waals surface area (Å²) in [5.74, 6) is 2.35. The van der Waals surface area contributed by atoms with Gasteiger partial charge in [0.05, 0.1) is 5.92 Å². The van der Waals surface area contributed by atoms with Gasteiger partial charge in [-0.25, -0.2) is 0 Å². The van der Waals surface area contributed by atoms with Crippen LogP contribution in [0, 0.1) is 29.6 Å². The van der Waals surface area contributed by atoms with E-state index in [0.717, 1.165) is 11.8 Å². The third-order valence-corrected chi connectivity index (χ3v) is 4.51. The summed E-state index contributed by atoms with van der Waals surface area (Å²) in [6.07, 6.45) is 6.25. The maximum atomic E-state index is 11.1. The molecule has 4 bridgehead atoms. The first-order valence-electron chi connectivity index (χ1n) is 5.47. The Morgan fingerprint density at radius 3 is 1.71 bits per heavy atom. The van der Waals surface area contributed by atoms with Crippen LogP contribution in [0.1, 0.15) is 32.1 Å². The van der Waals surface area contributed by atoms with Crippen LogP contribution in [0.25, 0.3) is 0 Å². The summed E-state index contributed by atoms with van der Waals surface area (Å²) < 4.78 is 0. The van der Waals surface area contributed by atoms with Crippen LogP contribution in [-0.4, -0.2) is 40.6 Å². The van der Waals surface area contributed by atoms with Gasteiger partial charge in [-0.1, -0.05) is 0 Å². The Labute approximate surface area is 107 Å². The topological polar surface area (TPSA) is 37.3 Å². The fourth-order valence-corrected chi connectivity index (χ4v) is 4.33. The minimum atomic E-state index is -0.520. The molecule has 0 aromatic heterocycles. The SMILES string of the molecule is O=C(O)C1C2CC3CC(C2)CC1C3.[NaH]. The number of hydrogen-bond acceptors (Lipinski definition) is 1. The molecule has 0 spiro atoms. The van der Waals surface area contributed by atoms with Crippen molar-refractivity contribution in [2.45, 2.75) is 32.1 Å². The van der Waals surface area contributed by atoms with Gasteiger partial charge in [0.25, 0.3) is 0 Å². The molecule has 0 amide bonds. The minimum absolute atomic E-state index is 0. The van der Waals surface area contributed by atoms with Gasteiger partial charge >= 0.3 is 35.5 Å². The third-order valence-electron chi connectivity index (χ3n) is 4.51. The van der Waals surface area contributed by atoms with Crippen LogP contribution in [0.5, 0.6) is 0 Å². The fourth-order valence-electron chi connectivity index (χ4n) is 4.33. The van der Waals surface area contributed by atoms with Crippen LogP contribution in [-0.2, 0) is 4.79 Å². The van der Waals surface area contributed by atoms with Crippen LogP contribution >= 0.6 is 0 Å². The van der Waals surface area contributed by atoms with E-state index in [1.54, 1.807) is 0 Å². The summed E-state index contributed by atoms with van der Waals surface area (Å²) in [5, 5.41) is 9.15. The molecular weight excluding hydrogens is 187 g/mol. The number of rotatable bonds is 1. The second-order valence-corrected chi connectivity index (χ2v) is 5.29. The molecule has 4 saturated carbocycles. The van der Waals surface area contributed by atoms with Gasteiger partial charge in [0, 0.05) is 0 Å². The molecule has 0 aromatic rings. The monoisotopic (exact) mass is 204 g/mol. The molecule has 4 rings (SSSR count). The molecule has 74 valence electrons. The Morgan fingerprint density at radius 2 is 1.36 bits per heavy atom. The second kappa shape index (κ2) is 3.80. The first-order valence-corrected chi connectivity index (χ1v) is 5.47. The number of carboxylic acid groups (broad SMARTS) is 1. The fraction of sp³-hybridized carbons (Fsp3) is 0.909. The third kappa shape index (κ3) is 1.56. The van der Waals surface area contributed by atoms with Gasteiger partial charge in [-0.3, -0.25) is 4.79 Å². The van der Waals surface area contributed by atoms with Crippen molar-refractivity contribution < 1.29 is 9.90 Å². The molecule has 0 aromatic carbocycles. The molecule has 4 fully saturated rings. The van der Waals surface area contributed by atoms with Gasteiger partial charge < -0.3 is 5.11 Å². The van der Waals surface area contributed by atoms with Crippen molar-refractivity contribution in [2.24, 2.45) is 29.6 Å². The zero-order chi connectivity index (χ0) is 9.00. The van der Waals surface area contributed by atoms with E-state index in [2.05, 4.69) is 0 Å². The maximum absolute atomic E-state index is 11.1. The van der Waals surface area contributed by atoms with Crippen molar-refractivity contribution in [1.82, 2.24) is 0 Å². The van der Waals surface area contributed by atoms with Crippen molar-refractivity contribution in [3.05, 3.63) is 0 Å². The van der Waals surface area contributed by atoms with Crippen molar-refractivity contribution in [2.75, 3.05) is 0 Å². The van der Waals surface area contributed by atoms with Crippen LogP contribution < -0.4 is 0 Å². The van der Waals surface area contributed by atoms with Crippen LogP contribution in [0.2, 0.25) is 0 Å². The summed E-state index contributed by atoms with van der Waals surface area (Å²) in [6, 6.07) is 0. The van der Waals surface area contributed by atoms with E-state index in [0.29, 0.717) is 11.8 Å². The van der Waals surface area contributed by atoms with Crippen molar-refractivity contribution in [1.29, 1.82) is 0 Å². The van der Waals surface area contributed by atoms with Crippen LogP contribution in [0.15, 0.2) is 0 Å². The summed E-state index contributed by atoms with van der Waals surface area (Å²) >= 11 is 0. The number of carbonyl (C=O) groups is 1. The van der Waals surface area contributed by atoms with E-state index in [9.17, 15) is 4.79 Å². The summed E-state index contributed by atoms with van der Waals surface area (Å²) in [5.41, 5.74) is 0. The molecule has 0 heterocycles. The summed E-state index contributed by atoms with van der Waals surface area (Å²) in [4.78, 5) is 11.1. The number of aliphatic carboxylic acids is 1. The summed E-state index contributed by atoms with van der Waals surface area (Å²) in [7, 11) is 0. The van der Waals surface area contributed by atoms with Crippen molar-refractivity contribution >= 4 is 35.5 Å². The molecule has 3 heteroatoms. The predicted molar refractivity (Wildman–Crippen MR) is 55.3 cm³/mol. The zero-order valence-corrected chi connectivity index (χ0v) is 7.78. The second-order valence-electron chi connectivity index (χ2n) is 5.29. The molecule has 2 nitrogen and oxygen atoms in total. The molecule has 4 aliphatic rings. The average Bonchev–Trinajstić information content (AvgIpc) is 2.00. The molecule has 1 N–H and O–H groups in total. The Kier molecular flexibility index (Phi) is 2.98. The van der Waals surface area contributed by atoms with E-state index in [-0.39, 0.29) is 35.5 Å². The molecule has 0 saturated heterocycles. The van der Waals surface area contributed by atoms with E-state index >= 15 is 0 Å². The van der Waals surface area contributed by atoms with E-state index in [1.165, 1.54) is 32.1 Å². The van der Waals surface area contributed by atoms with E-state index in [4.69, 9.17) is 5.11 Å². The van der Waals surface area contributed by atoms with Crippen LogP contribution in [0.3, 0.4) is 0 Å². The van der Waals surface area contributed by atoms with Crippen LogP contribution in [0.4, 0.5) is 0 Å². The standard InChI is InChI=1S/C11H16O2.Na.H/c12-11(13)10-8-2-6-1-7(4-8)5-9(10)3-6;;/h6-10H,1-5H2,(H,12,13);;. The molecular formula is C11H17NaO2. The Hall–Kier alpha value is 0.470. The van der Waals surface area contributed by atoms with Gasteiger partial charge in [0.15, 0.2) is 0 Å². The van der Waals surface area contributed by atoms with Gasteiger partial charge in [0.2, 0.25) is 0 Å². The molecule has 14 heavy (non-hydrogen) atoms. The molecule has 0 radical (unpaired) electrons. The van der Waals surface area contributed by atoms with Gasteiger partial charge in [0.1, 0.15) is 0 Å². The quantitative estimate of drug-likeness (QED) is 0.657. The Bertz CT molecular complexity index is 224. The number of hydrogen-bond donors (Lipinski definition) is 1. The van der Waals surface area contributed by atoms with Gasteiger partial charge in [-0.2, -0.15) is 0 Å². The predicted octanol–water partition coefficient (Wildman–Crippen LogP) is 1.49. The summed E-state index contributed by atoms with van der Waals surface area (Å²) in [6.45, 7) is 0. The van der Waals surface area contributed by atoms with E-state index < -0.39 is 5.97 Å². The zero-order valence-electron chi connectivity index (χ0n) is 7.78. The first-order chi connectivity index (χ1) is 6.24. The van der Waals surface area contributed by atoms with Crippen molar-refractivity contribution in [3.8, 4) is 0 Å². The molecule has 0 aliphatic heterocycles. The van der Waals surface area contributed by atoms with Crippen molar-refractivity contribution in [3.63, 3.8) is 0 Å². The first kappa shape index (κ1) is 11.0. The number of carboxylic acids is 1. The normalized spacial score (nSPS) is 48.7. The molecule has 0 unspecified atom stereocenters. The average molecular weight is 204 g/mol. The van der Waals surface area contributed by atoms with E-state index in [1.807, 2.05) is 0 Å². The Morgan fingerprint density at radius 1 is 0.929 bits per heavy atom. The van der Waals surface area contributed by atoms with Gasteiger partial charge in [-0.15, -0.1) is 0 Å². The molecule has 4 aliphatic carbocycles. The Balaban J connectivity index is 0.000000750.